The summed E-state index contributed by atoms with van der Waals surface area (Å²) in [6.45, 7) is 5.60. The Bertz CT molecular complexity index is 724. The molecule has 8 heteroatoms. The van der Waals surface area contributed by atoms with Crippen LogP contribution in [0.4, 0.5) is 0 Å². The second-order valence-electron chi connectivity index (χ2n) is 5.84. The number of carbonyl (C=O) groups excluding carboxylic acids is 1. The van der Waals surface area contributed by atoms with Crippen molar-refractivity contribution in [2.75, 3.05) is 13.1 Å². The average molecular weight is 307 g/mol. The highest BCUT2D eigenvalue weighted by molar-refractivity contribution is 5.97. The number of rotatable bonds is 2. The molecule has 1 aromatic heterocycles. The minimum Gasteiger partial charge on any atom is -0.503 e. The molecule has 1 atom stereocenters. The lowest BCUT2D eigenvalue weighted by Crippen LogP contribution is -2.51. The predicted octanol–water partition coefficient (Wildman–Crippen LogP) is -0.242. The zero-order valence-corrected chi connectivity index (χ0v) is 12.3. The first kappa shape index (κ1) is 14.6. The molecule has 1 saturated heterocycles. The molecule has 2 aliphatic rings. The Morgan fingerprint density at radius 2 is 2.00 bits per heavy atom. The topological polar surface area (TPSA) is 103 Å². The Balaban J connectivity index is 2.14. The van der Waals surface area contributed by atoms with Crippen molar-refractivity contribution in [1.29, 1.82) is 0 Å². The van der Waals surface area contributed by atoms with Crippen LogP contribution in [0.2, 0.25) is 0 Å². The molecule has 22 heavy (non-hydrogen) atoms. The summed E-state index contributed by atoms with van der Waals surface area (Å²) in [5.41, 5.74) is -1.68. The third-order valence-electron chi connectivity index (χ3n) is 4.31. The average Bonchev–Trinajstić information content (AvgIpc) is 2.86. The number of fused-ring (bicyclic) bond motifs is 2. The number of hydrogen-bond acceptors (Lipinski definition) is 5. The van der Waals surface area contributed by atoms with Crippen LogP contribution in [-0.4, -0.2) is 61.8 Å². The number of hydrogen-bond donors (Lipinski definition) is 2. The molecule has 0 aliphatic carbocycles. The zero-order valence-electron chi connectivity index (χ0n) is 12.3. The summed E-state index contributed by atoms with van der Waals surface area (Å²) in [4.78, 5) is 39.3. The highest BCUT2D eigenvalue weighted by Crippen LogP contribution is 2.29. The first-order chi connectivity index (χ1) is 10.3. The number of aromatic carboxylic acids is 1. The van der Waals surface area contributed by atoms with Crippen LogP contribution in [0, 0.1) is 0 Å². The lowest BCUT2D eigenvalue weighted by atomic mass is 10.1. The SMILES string of the molecule is CC(C)N1CCN2C(=O)c3c(O)c(=O)c(C(=O)O)cn3CC21. The van der Waals surface area contributed by atoms with Crippen molar-refractivity contribution in [2.24, 2.45) is 0 Å². The molecule has 3 heterocycles. The first-order valence-electron chi connectivity index (χ1n) is 7.09. The highest BCUT2D eigenvalue weighted by atomic mass is 16.4. The summed E-state index contributed by atoms with van der Waals surface area (Å²) in [6.07, 6.45) is 0.953. The van der Waals surface area contributed by atoms with Gasteiger partial charge in [0.25, 0.3) is 5.91 Å². The Morgan fingerprint density at radius 3 is 2.59 bits per heavy atom. The van der Waals surface area contributed by atoms with E-state index in [1.54, 1.807) is 4.90 Å². The van der Waals surface area contributed by atoms with Gasteiger partial charge in [-0.25, -0.2) is 4.79 Å². The lowest BCUT2D eigenvalue weighted by molar-refractivity contribution is 0.0449. The molecule has 1 fully saturated rings. The van der Waals surface area contributed by atoms with E-state index >= 15 is 0 Å². The highest BCUT2D eigenvalue weighted by Gasteiger charge is 2.43. The molecule has 1 amide bonds. The van der Waals surface area contributed by atoms with Crippen molar-refractivity contribution < 1.29 is 19.8 Å². The number of nitrogens with zero attached hydrogens (tertiary/aromatic N) is 3. The maximum atomic E-state index is 12.6. The number of carbonyl (C=O) groups is 2. The molecule has 0 radical (unpaired) electrons. The van der Waals surface area contributed by atoms with Crippen LogP contribution in [0.25, 0.3) is 0 Å². The van der Waals surface area contributed by atoms with Crippen molar-refractivity contribution in [3.63, 3.8) is 0 Å². The van der Waals surface area contributed by atoms with Crippen LogP contribution >= 0.6 is 0 Å². The van der Waals surface area contributed by atoms with E-state index in [0.29, 0.717) is 19.6 Å². The van der Waals surface area contributed by atoms with Gasteiger partial charge in [-0.3, -0.25) is 14.5 Å². The predicted molar refractivity (Wildman–Crippen MR) is 76.0 cm³/mol. The molecule has 2 N–H and O–H groups in total. The summed E-state index contributed by atoms with van der Waals surface area (Å²) in [6, 6.07) is 0.233. The Kier molecular flexibility index (Phi) is 3.21. The van der Waals surface area contributed by atoms with Crippen molar-refractivity contribution in [2.45, 2.75) is 32.6 Å². The van der Waals surface area contributed by atoms with Gasteiger partial charge >= 0.3 is 5.97 Å². The van der Waals surface area contributed by atoms with Crippen molar-refractivity contribution in [3.05, 3.63) is 27.7 Å². The molecule has 3 rings (SSSR count). The van der Waals surface area contributed by atoms with Crippen LogP contribution in [0.5, 0.6) is 5.75 Å². The molecule has 8 nitrogen and oxygen atoms in total. The number of aromatic nitrogens is 1. The molecule has 1 unspecified atom stereocenters. The van der Waals surface area contributed by atoms with E-state index in [0.717, 1.165) is 6.20 Å². The van der Waals surface area contributed by atoms with E-state index < -0.39 is 28.6 Å². The maximum Gasteiger partial charge on any atom is 0.341 e. The van der Waals surface area contributed by atoms with Crippen LogP contribution in [0.3, 0.4) is 0 Å². The monoisotopic (exact) mass is 307 g/mol. The minimum absolute atomic E-state index is 0.128. The fourth-order valence-corrected chi connectivity index (χ4v) is 3.23. The van der Waals surface area contributed by atoms with Gasteiger partial charge in [-0.1, -0.05) is 0 Å². The quantitative estimate of drug-likeness (QED) is 0.781. The number of pyridine rings is 1. The van der Waals surface area contributed by atoms with Gasteiger partial charge in [-0.15, -0.1) is 0 Å². The smallest absolute Gasteiger partial charge is 0.341 e. The first-order valence-corrected chi connectivity index (χ1v) is 7.09. The fraction of sp³-hybridized carbons (Fsp3) is 0.500. The summed E-state index contributed by atoms with van der Waals surface area (Å²) >= 11 is 0. The number of carboxylic acids is 1. The second-order valence-corrected chi connectivity index (χ2v) is 5.84. The molecule has 0 aromatic carbocycles. The second kappa shape index (κ2) is 4.84. The van der Waals surface area contributed by atoms with Crippen molar-refractivity contribution in [3.8, 4) is 5.75 Å². The third kappa shape index (κ3) is 1.91. The van der Waals surface area contributed by atoms with Crippen LogP contribution in [0.15, 0.2) is 11.0 Å². The maximum absolute atomic E-state index is 12.6. The van der Waals surface area contributed by atoms with Gasteiger partial charge in [0.1, 0.15) is 11.7 Å². The molecule has 1 aromatic rings. The minimum atomic E-state index is -1.42. The van der Waals surface area contributed by atoms with Crippen LogP contribution in [-0.2, 0) is 6.54 Å². The molecule has 2 aliphatic heterocycles. The van der Waals surface area contributed by atoms with Crippen LogP contribution < -0.4 is 5.43 Å². The van der Waals surface area contributed by atoms with Gasteiger partial charge in [0.15, 0.2) is 11.4 Å². The fourth-order valence-electron chi connectivity index (χ4n) is 3.23. The van der Waals surface area contributed by atoms with E-state index in [2.05, 4.69) is 4.90 Å². The molecular formula is C14H17N3O5. The summed E-state index contributed by atoms with van der Waals surface area (Å²) in [5.74, 6) is -2.64. The van der Waals surface area contributed by atoms with Gasteiger partial charge < -0.3 is 19.7 Å². The van der Waals surface area contributed by atoms with Gasteiger partial charge in [-0.05, 0) is 13.8 Å². The van der Waals surface area contributed by atoms with Crippen molar-refractivity contribution in [1.82, 2.24) is 14.4 Å². The Labute approximate surface area is 126 Å². The van der Waals surface area contributed by atoms with E-state index in [1.165, 1.54) is 4.57 Å². The third-order valence-corrected chi connectivity index (χ3v) is 4.31. The molecule has 0 bridgehead atoms. The largest absolute Gasteiger partial charge is 0.503 e. The van der Waals surface area contributed by atoms with Crippen molar-refractivity contribution >= 4 is 11.9 Å². The molecule has 0 spiro atoms. The summed E-state index contributed by atoms with van der Waals surface area (Å²) < 4.78 is 1.38. The van der Waals surface area contributed by atoms with Gasteiger partial charge in [0.2, 0.25) is 5.43 Å². The number of amides is 1. The number of aromatic hydroxyl groups is 1. The molecular weight excluding hydrogens is 290 g/mol. The van der Waals surface area contributed by atoms with Crippen LogP contribution in [0.1, 0.15) is 34.7 Å². The Hall–Kier alpha value is -2.35. The summed E-state index contributed by atoms with van der Waals surface area (Å²) in [7, 11) is 0. The van der Waals surface area contributed by atoms with E-state index in [-0.39, 0.29) is 17.9 Å². The zero-order chi connectivity index (χ0) is 16.2. The van der Waals surface area contributed by atoms with Gasteiger partial charge in [0, 0.05) is 25.3 Å². The Morgan fingerprint density at radius 1 is 1.32 bits per heavy atom. The van der Waals surface area contributed by atoms with E-state index in [4.69, 9.17) is 5.11 Å². The van der Waals surface area contributed by atoms with E-state index in [9.17, 15) is 19.5 Å². The number of carboxylic acid groups (broad SMARTS) is 1. The standard InChI is InChI=1S/C14H17N3O5/c1-7(2)16-3-4-17-9(16)6-15-5-8(14(21)22)11(18)12(19)10(15)13(17)20/h5,7,9,19H,3-4,6H2,1-2H3,(H,21,22). The molecule has 0 saturated carbocycles. The normalized spacial score (nSPS) is 21.1. The van der Waals surface area contributed by atoms with Gasteiger partial charge in [0.05, 0.1) is 6.54 Å². The van der Waals surface area contributed by atoms with E-state index in [1.807, 2.05) is 13.8 Å². The lowest BCUT2D eigenvalue weighted by Gasteiger charge is -2.37. The summed E-state index contributed by atoms with van der Waals surface area (Å²) in [5, 5.41) is 19.0. The van der Waals surface area contributed by atoms with Gasteiger partial charge in [-0.2, -0.15) is 0 Å². The molecule has 118 valence electrons.